The Morgan fingerprint density at radius 3 is 1.88 bits per heavy atom. The summed E-state index contributed by atoms with van der Waals surface area (Å²) in [7, 11) is -3.07. The van der Waals surface area contributed by atoms with Gasteiger partial charge in [0.15, 0.2) is 0 Å². The maximum Gasteiger partial charge on any atom is 0.268 e. The smallest absolute Gasteiger partial charge is 0.258 e. The van der Waals surface area contributed by atoms with Crippen LogP contribution < -0.4 is 10.4 Å². The molecule has 5 heteroatoms. The molecule has 0 N–H and O–H groups in total. The molecule has 3 nitrogen and oxygen atoms in total. The lowest BCUT2D eigenvalue weighted by Gasteiger charge is -2.22. The van der Waals surface area contributed by atoms with Crippen LogP contribution >= 0.6 is 0 Å². The summed E-state index contributed by atoms with van der Waals surface area (Å²) in [4.78, 5) is 10.8. The van der Waals surface area contributed by atoms with Crippen LogP contribution in [-0.2, 0) is 0 Å². The highest BCUT2D eigenvalue weighted by Crippen LogP contribution is 2.15. The molecule has 0 aliphatic rings. The van der Waals surface area contributed by atoms with Gasteiger partial charge in [0.05, 0.1) is 21.1 Å². The molecule has 1 aromatic carbocycles. The largest absolute Gasteiger partial charge is 0.268 e. The van der Waals surface area contributed by atoms with Crippen molar-refractivity contribution in [1.82, 2.24) is 0 Å². The molecule has 0 atom stereocenters. The molecule has 0 aliphatic heterocycles. The predicted octanol–water partition coefficient (Wildman–Crippen LogP) is 2.69. The Labute approximate surface area is 105 Å². The molecular formula is C12H21NO2Si2. The maximum atomic E-state index is 11.1. The number of nitro groups is 1. The standard InChI is InChI=1S/C12H21NO2Si2/c1-16(2,3)10-7-8-11(13(14)15)12(9-10)17(4,5)6/h7-9H,1-6H3. The SMILES string of the molecule is C[Si](C)(C)c1ccc([N+](=O)[O-])c([Si](C)(C)C)c1. The van der Waals surface area contributed by atoms with Gasteiger partial charge in [-0.05, 0) is 0 Å². The van der Waals surface area contributed by atoms with Gasteiger partial charge in [-0.2, -0.15) is 0 Å². The van der Waals surface area contributed by atoms with Crippen molar-refractivity contribution in [3.63, 3.8) is 0 Å². The van der Waals surface area contributed by atoms with Crippen LogP contribution in [0, 0.1) is 10.1 Å². The zero-order chi connectivity index (χ0) is 13.4. The lowest BCUT2D eigenvalue weighted by atomic mass is 10.3. The number of benzene rings is 1. The van der Waals surface area contributed by atoms with E-state index in [4.69, 9.17) is 0 Å². The Balaban J connectivity index is 3.46. The fourth-order valence-corrected chi connectivity index (χ4v) is 4.60. The van der Waals surface area contributed by atoms with E-state index in [2.05, 4.69) is 45.3 Å². The highest BCUT2D eigenvalue weighted by molar-refractivity contribution is 6.92. The van der Waals surface area contributed by atoms with Crippen LogP contribution in [0.15, 0.2) is 18.2 Å². The van der Waals surface area contributed by atoms with Crippen molar-refractivity contribution in [2.24, 2.45) is 0 Å². The van der Waals surface area contributed by atoms with Gasteiger partial charge in [-0.3, -0.25) is 10.1 Å². The fourth-order valence-electron chi connectivity index (χ4n) is 1.76. The lowest BCUT2D eigenvalue weighted by molar-refractivity contribution is -0.383. The van der Waals surface area contributed by atoms with Crippen molar-refractivity contribution >= 4 is 32.2 Å². The second-order valence-corrected chi connectivity index (χ2v) is 16.6. The lowest BCUT2D eigenvalue weighted by Crippen LogP contribution is -2.45. The van der Waals surface area contributed by atoms with Crippen LogP contribution in [0.1, 0.15) is 0 Å². The molecule has 0 radical (unpaired) electrons. The molecule has 0 saturated heterocycles. The number of rotatable bonds is 3. The third-order valence-corrected chi connectivity index (χ3v) is 6.93. The van der Waals surface area contributed by atoms with Gasteiger partial charge in [-0.15, -0.1) is 0 Å². The Hall–Kier alpha value is -0.946. The fraction of sp³-hybridized carbons (Fsp3) is 0.500. The van der Waals surface area contributed by atoms with E-state index in [9.17, 15) is 10.1 Å². The minimum atomic E-state index is -1.67. The monoisotopic (exact) mass is 267 g/mol. The van der Waals surface area contributed by atoms with Crippen molar-refractivity contribution in [2.45, 2.75) is 39.3 Å². The maximum absolute atomic E-state index is 11.1. The van der Waals surface area contributed by atoms with Crippen molar-refractivity contribution in [1.29, 1.82) is 0 Å². The number of hydrogen-bond donors (Lipinski definition) is 0. The second kappa shape index (κ2) is 4.38. The van der Waals surface area contributed by atoms with E-state index in [1.165, 1.54) is 5.19 Å². The summed E-state index contributed by atoms with van der Waals surface area (Å²) in [6.45, 7) is 13.3. The summed E-state index contributed by atoms with van der Waals surface area (Å²) < 4.78 is 0. The first kappa shape index (κ1) is 14.1. The topological polar surface area (TPSA) is 43.1 Å². The summed E-state index contributed by atoms with van der Waals surface area (Å²) in [5.41, 5.74) is 0.297. The number of nitro benzene ring substituents is 1. The van der Waals surface area contributed by atoms with E-state index in [1.807, 2.05) is 6.07 Å². The van der Waals surface area contributed by atoms with Gasteiger partial charge in [-0.1, -0.05) is 56.6 Å². The van der Waals surface area contributed by atoms with E-state index in [-0.39, 0.29) is 4.92 Å². The van der Waals surface area contributed by atoms with Gasteiger partial charge >= 0.3 is 0 Å². The van der Waals surface area contributed by atoms with Gasteiger partial charge in [0.25, 0.3) is 5.69 Å². The van der Waals surface area contributed by atoms with Crippen molar-refractivity contribution < 1.29 is 4.92 Å². The first-order chi connectivity index (χ1) is 7.53. The number of nitrogens with zero attached hydrogens (tertiary/aromatic N) is 1. The van der Waals surface area contributed by atoms with Crippen molar-refractivity contribution in [2.75, 3.05) is 0 Å². The van der Waals surface area contributed by atoms with Crippen LogP contribution in [0.5, 0.6) is 0 Å². The molecule has 0 amide bonds. The van der Waals surface area contributed by atoms with E-state index < -0.39 is 16.1 Å². The zero-order valence-corrected chi connectivity index (χ0v) is 13.5. The summed E-state index contributed by atoms with van der Waals surface area (Å²) in [5.74, 6) is 0. The molecule has 1 rings (SSSR count). The first-order valence-electron chi connectivity index (χ1n) is 5.83. The van der Waals surface area contributed by atoms with Gasteiger partial charge in [0, 0.05) is 11.3 Å². The Bertz CT molecular complexity index is 445. The van der Waals surface area contributed by atoms with Crippen LogP contribution in [0.4, 0.5) is 5.69 Å². The highest BCUT2D eigenvalue weighted by atomic mass is 28.3. The first-order valence-corrected chi connectivity index (χ1v) is 12.8. The summed E-state index contributed by atoms with van der Waals surface area (Å²) in [6, 6.07) is 5.73. The average molecular weight is 267 g/mol. The van der Waals surface area contributed by atoms with Crippen LogP contribution in [0.2, 0.25) is 39.3 Å². The molecule has 0 unspecified atom stereocenters. The minimum absolute atomic E-state index is 0.248. The second-order valence-electron chi connectivity index (χ2n) is 6.49. The normalized spacial score (nSPS) is 12.6. The van der Waals surface area contributed by atoms with E-state index in [0.717, 1.165) is 5.19 Å². The molecule has 0 bridgehead atoms. The Morgan fingerprint density at radius 1 is 1.00 bits per heavy atom. The molecule has 0 aromatic heterocycles. The average Bonchev–Trinajstić information content (AvgIpc) is 2.14. The molecule has 0 saturated carbocycles. The molecule has 0 heterocycles. The van der Waals surface area contributed by atoms with Gasteiger partial charge in [0.1, 0.15) is 0 Å². The van der Waals surface area contributed by atoms with E-state index in [0.29, 0.717) is 5.69 Å². The predicted molar refractivity (Wildman–Crippen MR) is 79.1 cm³/mol. The molecule has 17 heavy (non-hydrogen) atoms. The highest BCUT2D eigenvalue weighted by Gasteiger charge is 2.28. The molecule has 0 spiro atoms. The third-order valence-electron chi connectivity index (χ3n) is 2.87. The van der Waals surface area contributed by atoms with Gasteiger partial charge in [0.2, 0.25) is 0 Å². The summed E-state index contributed by atoms with van der Waals surface area (Å²) in [5, 5.41) is 13.3. The minimum Gasteiger partial charge on any atom is -0.258 e. The van der Waals surface area contributed by atoms with Crippen LogP contribution in [-0.4, -0.2) is 21.1 Å². The van der Waals surface area contributed by atoms with Crippen molar-refractivity contribution in [3.05, 3.63) is 28.3 Å². The summed E-state index contributed by atoms with van der Waals surface area (Å²) in [6.07, 6.45) is 0. The summed E-state index contributed by atoms with van der Waals surface area (Å²) >= 11 is 0. The molecule has 0 fully saturated rings. The molecule has 1 aromatic rings. The molecule has 0 aliphatic carbocycles. The van der Waals surface area contributed by atoms with Crippen LogP contribution in [0.3, 0.4) is 0 Å². The molecular weight excluding hydrogens is 246 g/mol. The number of hydrogen-bond acceptors (Lipinski definition) is 2. The third kappa shape index (κ3) is 3.26. The Kier molecular flexibility index (Phi) is 3.64. The van der Waals surface area contributed by atoms with Crippen LogP contribution in [0.25, 0.3) is 0 Å². The Morgan fingerprint density at radius 2 is 1.53 bits per heavy atom. The van der Waals surface area contributed by atoms with E-state index >= 15 is 0 Å². The van der Waals surface area contributed by atoms with Gasteiger partial charge in [-0.25, -0.2) is 0 Å². The van der Waals surface area contributed by atoms with E-state index in [1.54, 1.807) is 6.07 Å². The van der Waals surface area contributed by atoms with Crippen molar-refractivity contribution in [3.8, 4) is 0 Å². The van der Waals surface area contributed by atoms with Gasteiger partial charge < -0.3 is 0 Å². The zero-order valence-electron chi connectivity index (χ0n) is 11.5. The quantitative estimate of drug-likeness (QED) is 0.480. The molecule has 94 valence electrons.